The van der Waals surface area contributed by atoms with Crippen molar-refractivity contribution < 1.29 is 117 Å². The molecular weight excluding hydrogens is 1540 g/mol. The number of aromatic nitrogens is 2. The maximum absolute atomic E-state index is 12.7. The number of non-ortho nitro benzene ring substituents is 4. The van der Waals surface area contributed by atoms with Crippen LogP contribution in [0.4, 0.5) is 44.4 Å². The Labute approximate surface area is 647 Å². The summed E-state index contributed by atoms with van der Waals surface area (Å²) >= 11 is 7.98. The number of halogens is 1. The third-order valence-corrected chi connectivity index (χ3v) is 15.1. The average Bonchev–Trinajstić information content (AvgIpc) is 1.22. The standard InChI is InChI=1S/C21H20ClN3O4S.C14H15N3O4S.C11H13NO5.C10H11NO5.C8H7NO5.C7H5NO5/c1-12(2)29-16-8-14(19(26)25-21-24-11-18(30-21)20(27)28)7-15(9-16)23-10-13-5-3-4-6-17(13)22;1-7(2)21-10-4-8(3-9(15)5-10)12(18)17-14-16-6-11(22-14)13(19)20;1-7(2)17-10-5-8(11(13)16-3)4-9(6-10)12(14)15;1-6(2)16-9-4-7(10(12)13)3-8(5-9)11(14)15;1-14-8(11)5-2-6(9(12)13)4-7(10)3-5;9-6-2-4(7(10)11)1-5(3-6)8(12)13/h3-9,11-12,23H,10H2,1-2H3,(H,27,28)(H,24,25,26);3-7H,15H2,1-2H3,(H,19,20)(H,16,17,18);4-7H,1-3H3;3-6H,1-2H3,(H,12,13);2-4,10H,1H3;1-3,9H,(H,10,11). The Kier molecular flexibility index (Phi) is 34.6. The Morgan fingerprint density at radius 2 is 0.795 bits per heavy atom. The second kappa shape index (κ2) is 43.0. The second-order valence-electron chi connectivity index (χ2n) is 23.3. The van der Waals surface area contributed by atoms with Crippen LogP contribution in [0.15, 0.2) is 146 Å². The highest BCUT2D eigenvalue weighted by molar-refractivity contribution is 7.17. The Hall–Kier alpha value is -14.2. The lowest BCUT2D eigenvalue weighted by Crippen LogP contribution is -2.13. The van der Waals surface area contributed by atoms with Crippen LogP contribution in [-0.4, -0.2) is 147 Å². The Morgan fingerprint density at radius 1 is 0.455 bits per heavy atom. The first-order valence-electron chi connectivity index (χ1n) is 31.9. The molecule has 0 aliphatic rings. The number of esters is 2. The maximum atomic E-state index is 12.7. The molecule has 9 aromatic rings. The predicted molar refractivity (Wildman–Crippen MR) is 405 cm³/mol. The number of aromatic hydroxyl groups is 2. The fraction of sp³-hybridized carbons (Fsp3) is 0.211. The number of hydrogen-bond donors (Lipinski definition) is 10. The smallest absolute Gasteiger partial charge is 0.347 e. The fourth-order valence-corrected chi connectivity index (χ4v) is 9.99. The monoisotopic (exact) mass is 1610 g/mol. The van der Waals surface area contributed by atoms with Crippen molar-refractivity contribution in [2.24, 2.45) is 0 Å². The number of benzene rings is 7. The third kappa shape index (κ3) is 30.6. The quantitative estimate of drug-likeness (QED) is 0.0110. The fourth-order valence-electron chi connectivity index (χ4n) is 8.48. The zero-order chi connectivity index (χ0) is 84.0. The minimum atomic E-state index is -1.32. The van der Waals surface area contributed by atoms with E-state index < -0.39 is 78.8 Å². The molecule has 7 aromatic carbocycles. The summed E-state index contributed by atoms with van der Waals surface area (Å²) in [6.45, 7) is 15.1. The molecule has 0 saturated carbocycles. The zero-order valence-electron chi connectivity index (χ0n) is 60.5. The summed E-state index contributed by atoms with van der Waals surface area (Å²) in [7, 11) is 2.36. The lowest BCUT2D eigenvalue weighted by Gasteiger charge is -2.15. The van der Waals surface area contributed by atoms with Crippen LogP contribution >= 0.6 is 34.3 Å². The van der Waals surface area contributed by atoms with E-state index in [1.54, 1.807) is 58.0 Å². The maximum Gasteiger partial charge on any atom is 0.347 e. The summed E-state index contributed by atoms with van der Waals surface area (Å²) in [6.07, 6.45) is 1.96. The minimum absolute atomic E-state index is 0.0456. The summed E-state index contributed by atoms with van der Waals surface area (Å²) in [5.41, 5.74) is 6.68. The van der Waals surface area contributed by atoms with Gasteiger partial charge in [0.05, 0.1) is 117 Å². The molecule has 41 heteroatoms. The van der Waals surface area contributed by atoms with Gasteiger partial charge in [0.25, 0.3) is 34.6 Å². The average molecular weight is 1610 g/mol. The van der Waals surface area contributed by atoms with E-state index in [0.717, 1.165) is 83.9 Å². The number of hydrogen-bond acceptors (Lipinski definition) is 30. The highest BCUT2D eigenvalue weighted by Gasteiger charge is 2.22. The summed E-state index contributed by atoms with van der Waals surface area (Å²) in [5, 5.41) is 104. The SMILES string of the molecule is CC(C)Oc1cc(C(=O)O)cc([N+](=O)[O-])c1.CC(C)Oc1cc(N)cc(C(=O)Nc2ncc(C(=O)O)s2)c1.CC(C)Oc1cc(NCc2ccccc2Cl)cc(C(=O)Nc2ncc(C(=O)O)s2)c1.COC(=O)c1cc(O)cc([N+](=O)[O-])c1.COC(=O)c1cc(OC(C)C)cc([N+](=O)[O-])c1.O=C(O)c1cc(O)cc([N+](=O)[O-])c1. The second-order valence-corrected chi connectivity index (χ2v) is 25.7. The van der Waals surface area contributed by atoms with Crippen LogP contribution in [0, 0.1) is 40.5 Å². The van der Waals surface area contributed by atoms with Gasteiger partial charge in [-0.15, -0.1) is 0 Å². The first-order valence-corrected chi connectivity index (χ1v) is 34.0. The molecule has 0 atom stereocenters. The van der Waals surface area contributed by atoms with Crippen LogP contribution in [0.25, 0.3) is 0 Å². The van der Waals surface area contributed by atoms with E-state index in [1.165, 1.54) is 49.8 Å². The Morgan fingerprint density at radius 3 is 1.17 bits per heavy atom. The number of aromatic carboxylic acids is 4. The van der Waals surface area contributed by atoms with Gasteiger partial charge in [0, 0.05) is 70.5 Å². The topological polar surface area (TPSA) is 574 Å². The molecular formula is C71H71ClN10O28S2. The van der Waals surface area contributed by atoms with Crippen molar-refractivity contribution in [1.29, 1.82) is 0 Å². The molecule has 2 aromatic heterocycles. The van der Waals surface area contributed by atoms with E-state index in [2.05, 4.69) is 35.4 Å². The number of amides is 2. The van der Waals surface area contributed by atoms with Crippen molar-refractivity contribution in [2.45, 2.75) is 86.4 Å². The number of rotatable bonds is 25. The van der Waals surface area contributed by atoms with Crippen LogP contribution < -0.4 is 40.6 Å². The van der Waals surface area contributed by atoms with Gasteiger partial charge >= 0.3 is 35.8 Å². The van der Waals surface area contributed by atoms with Crippen molar-refractivity contribution in [2.75, 3.05) is 35.9 Å². The normalized spacial score (nSPS) is 10.2. The summed E-state index contributed by atoms with van der Waals surface area (Å²) in [5.74, 6) is -6.26. The van der Waals surface area contributed by atoms with Crippen LogP contribution in [-0.2, 0) is 16.0 Å². The van der Waals surface area contributed by atoms with Gasteiger partial charge in [-0.25, -0.2) is 38.7 Å². The van der Waals surface area contributed by atoms with Gasteiger partial charge in [-0.05, 0) is 116 Å². The molecule has 112 heavy (non-hydrogen) atoms. The molecule has 592 valence electrons. The number of nitrogens with two attached hydrogens (primary N) is 1. The number of carboxylic acid groups (broad SMARTS) is 4. The van der Waals surface area contributed by atoms with E-state index in [4.69, 9.17) is 66.9 Å². The number of nitro benzene ring substituents is 4. The highest BCUT2D eigenvalue weighted by atomic mass is 35.5. The zero-order valence-corrected chi connectivity index (χ0v) is 62.9. The molecule has 0 unspecified atom stereocenters. The van der Waals surface area contributed by atoms with Crippen molar-refractivity contribution in [3.8, 4) is 34.5 Å². The van der Waals surface area contributed by atoms with E-state index in [0.29, 0.717) is 45.6 Å². The summed E-state index contributed by atoms with van der Waals surface area (Å²) in [4.78, 5) is 137. The van der Waals surface area contributed by atoms with Crippen molar-refractivity contribution >= 4 is 126 Å². The number of nitrogens with one attached hydrogen (secondary N) is 3. The molecule has 38 nitrogen and oxygen atoms in total. The number of nitrogens with zero attached hydrogens (tertiary/aromatic N) is 6. The molecule has 9 rings (SSSR count). The third-order valence-electron chi connectivity index (χ3n) is 12.9. The van der Waals surface area contributed by atoms with Gasteiger partial charge in [-0.2, -0.15) is 0 Å². The number of carboxylic acids is 4. The van der Waals surface area contributed by atoms with Crippen LogP contribution in [0.2, 0.25) is 5.02 Å². The van der Waals surface area contributed by atoms with E-state index in [9.17, 15) is 78.8 Å². The van der Waals surface area contributed by atoms with Gasteiger partial charge in [-0.1, -0.05) is 52.5 Å². The molecule has 0 radical (unpaired) electrons. The summed E-state index contributed by atoms with van der Waals surface area (Å²) < 4.78 is 30.7. The van der Waals surface area contributed by atoms with Gasteiger partial charge < -0.3 is 70.1 Å². The van der Waals surface area contributed by atoms with Gasteiger partial charge in [0.2, 0.25) is 0 Å². The number of thiazole rings is 2. The molecule has 0 bridgehead atoms. The molecule has 2 amide bonds. The number of methoxy groups -OCH3 is 2. The first kappa shape index (κ1) is 90.2. The molecule has 11 N–H and O–H groups in total. The predicted octanol–water partition coefficient (Wildman–Crippen LogP) is 13.9. The lowest BCUT2D eigenvalue weighted by atomic mass is 10.1. The van der Waals surface area contributed by atoms with Gasteiger partial charge in [-0.3, -0.25) is 60.7 Å². The molecule has 2 heterocycles. The summed E-state index contributed by atoms with van der Waals surface area (Å²) in [6, 6.07) is 30.4. The lowest BCUT2D eigenvalue weighted by molar-refractivity contribution is -0.385. The number of phenolic OH excluding ortho intramolecular Hbond substituents is 2. The number of carbonyl (C=O) groups is 8. The molecule has 0 spiro atoms. The van der Waals surface area contributed by atoms with Crippen LogP contribution in [0.1, 0.15) is 142 Å². The largest absolute Gasteiger partial charge is 0.508 e. The number of carbonyl (C=O) groups excluding carboxylic acids is 4. The number of nitrogen functional groups attached to an aromatic ring is 1. The van der Waals surface area contributed by atoms with Crippen molar-refractivity contribution in [3.63, 3.8) is 0 Å². The molecule has 0 aliphatic heterocycles. The highest BCUT2D eigenvalue weighted by Crippen LogP contribution is 2.30. The van der Waals surface area contributed by atoms with E-state index >= 15 is 0 Å². The van der Waals surface area contributed by atoms with Crippen molar-refractivity contribution in [1.82, 2.24) is 9.97 Å². The first-order chi connectivity index (χ1) is 52.5. The van der Waals surface area contributed by atoms with Crippen LogP contribution in [0.3, 0.4) is 0 Å². The Balaban J connectivity index is 0.000000291. The minimum Gasteiger partial charge on any atom is -0.508 e. The number of nitro groups is 4. The Bertz CT molecular complexity index is 4870. The van der Waals surface area contributed by atoms with E-state index in [-0.39, 0.29) is 101 Å². The van der Waals surface area contributed by atoms with Gasteiger partial charge in [0.15, 0.2) is 10.3 Å². The van der Waals surface area contributed by atoms with Crippen molar-refractivity contribution in [3.05, 3.63) is 240 Å². The number of phenols is 2. The number of anilines is 4. The van der Waals surface area contributed by atoms with Crippen LogP contribution in [0.5, 0.6) is 34.5 Å². The number of ether oxygens (including phenoxy) is 6. The molecule has 0 saturated heterocycles. The molecule has 0 fully saturated rings. The molecule has 0 aliphatic carbocycles. The van der Waals surface area contributed by atoms with Gasteiger partial charge in [0.1, 0.15) is 44.3 Å². The van der Waals surface area contributed by atoms with E-state index in [1.807, 2.05) is 52.0 Å².